The number of aromatic hydroxyl groups is 1. The molecular weight excluding hydrogens is 294 g/mol. The van der Waals surface area contributed by atoms with Crippen molar-refractivity contribution >= 4 is 23.6 Å². The van der Waals surface area contributed by atoms with Crippen molar-refractivity contribution in [2.75, 3.05) is 12.9 Å². The number of carboxylic acids is 1. The number of carboxylic acid groups (broad SMARTS) is 1. The number of para-hydroxylation sites is 1. The number of phenols is 1. The van der Waals surface area contributed by atoms with Gasteiger partial charge in [0, 0.05) is 5.75 Å². The van der Waals surface area contributed by atoms with Crippen LogP contribution in [0.25, 0.3) is 0 Å². The van der Waals surface area contributed by atoms with Crippen molar-refractivity contribution in [1.29, 1.82) is 0 Å². The summed E-state index contributed by atoms with van der Waals surface area (Å²) in [5, 5.41) is 19.1. The number of ether oxygens (including phenoxy) is 1. The molecule has 0 aliphatic carbocycles. The summed E-state index contributed by atoms with van der Waals surface area (Å²) in [5.74, 6) is -1.25. The van der Waals surface area contributed by atoms with E-state index >= 15 is 0 Å². The average molecular weight is 311 g/mol. The van der Waals surface area contributed by atoms with Crippen LogP contribution in [0.5, 0.6) is 11.5 Å². The van der Waals surface area contributed by atoms with Crippen LogP contribution in [0.4, 0.5) is 0 Å². The van der Waals surface area contributed by atoms with E-state index in [1.807, 2.05) is 6.92 Å². The van der Waals surface area contributed by atoms with E-state index in [-0.39, 0.29) is 22.4 Å². The van der Waals surface area contributed by atoms with Crippen molar-refractivity contribution in [3.05, 3.63) is 23.8 Å². The van der Waals surface area contributed by atoms with Crippen LogP contribution in [0.2, 0.25) is 0 Å². The second kappa shape index (κ2) is 6.26. The molecule has 21 heavy (non-hydrogen) atoms. The summed E-state index contributed by atoms with van der Waals surface area (Å²) in [7, 11) is 1.39. The third-order valence-corrected chi connectivity index (χ3v) is 4.86. The first kappa shape index (κ1) is 15.5. The molecule has 0 bridgehead atoms. The van der Waals surface area contributed by atoms with Crippen molar-refractivity contribution in [2.45, 2.75) is 24.8 Å². The molecule has 2 rings (SSSR count). The zero-order chi connectivity index (χ0) is 15.6. The van der Waals surface area contributed by atoms with Crippen molar-refractivity contribution in [1.82, 2.24) is 4.90 Å². The number of benzene rings is 1. The van der Waals surface area contributed by atoms with Gasteiger partial charge in [0.1, 0.15) is 6.04 Å². The predicted molar refractivity (Wildman–Crippen MR) is 78.8 cm³/mol. The van der Waals surface area contributed by atoms with Gasteiger partial charge in [0.25, 0.3) is 5.91 Å². The molecule has 1 aliphatic heterocycles. The van der Waals surface area contributed by atoms with Gasteiger partial charge in [0.2, 0.25) is 0 Å². The Labute approximate surface area is 126 Å². The number of rotatable bonds is 4. The molecule has 1 amide bonds. The number of nitrogens with zero attached hydrogens (tertiary/aromatic N) is 1. The molecule has 0 aromatic heterocycles. The van der Waals surface area contributed by atoms with Crippen LogP contribution in [-0.2, 0) is 4.79 Å². The van der Waals surface area contributed by atoms with E-state index in [1.54, 1.807) is 6.07 Å². The van der Waals surface area contributed by atoms with E-state index in [0.29, 0.717) is 12.2 Å². The maximum Gasteiger partial charge on any atom is 0.327 e. The van der Waals surface area contributed by atoms with Crippen molar-refractivity contribution < 1.29 is 24.5 Å². The van der Waals surface area contributed by atoms with Crippen molar-refractivity contribution in [2.24, 2.45) is 0 Å². The molecule has 2 unspecified atom stereocenters. The summed E-state index contributed by atoms with van der Waals surface area (Å²) in [6.07, 6.45) is 0.644. The minimum atomic E-state index is -1.03. The Morgan fingerprint density at radius 3 is 2.76 bits per heavy atom. The van der Waals surface area contributed by atoms with Crippen LogP contribution in [0.15, 0.2) is 18.2 Å². The lowest BCUT2D eigenvalue weighted by atomic mass is 10.1. The van der Waals surface area contributed by atoms with Gasteiger partial charge in [-0.1, -0.05) is 13.0 Å². The van der Waals surface area contributed by atoms with Gasteiger partial charge in [-0.15, -0.1) is 11.8 Å². The minimum absolute atomic E-state index is 0.0570. The zero-order valence-corrected chi connectivity index (χ0v) is 12.6. The number of carbonyl (C=O) groups is 2. The summed E-state index contributed by atoms with van der Waals surface area (Å²) < 4.78 is 4.98. The van der Waals surface area contributed by atoms with Crippen LogP contribution in [0.3, 0.4) is 0 Å². The molecule has 1 aliphatic rings. The third kappa shape index (κ3) is 2.78. The van der Waals surface area contributed by atoms with Crippen molar-refractivity contribution in [3.63, 3.8) is 0 Å². The summed E-state index contributed by atoms with van der Waals surface area (Å²) in [5.41, 5.74) is 0.0570. The maximum absolute atomic E-state index is 12.7. The maximum atomic E-state index is 12.7. The van der Waals surface area contributed by atoms with E-state index < -0.39 is 17.9 Å². The number of methoxy groups -OCH3 is 1. The molecule has 2 atom stereocenters. The van der Waals surface area contributed by atoms with E-state index in [1.165, 1.54) is 35.9 Å². The average Bonchev–Trinajstić information content (AvgIpc) is 2.90. The molecule has 0 saturated carbocycles. The summed E-state index contributed by atoms with van der Waals surface area (Å²) in [4.78, 5) is 25.3. The number of carbonyl (C=O) groups excluding carboxylic acids is 1. The fraction of sp³-hybridized carbons (Fsp3) is 0.429. The molecule has 114 valence electrons. The Morgan fingerprint density at radius 1 is 1.48 bits per heavy atom. The topological polar surface area (TPSA) is 87.1 Å². The molecule has 2 N–H and O–H groups in total. The Hall–Kier alpha value is -1.89. The molecule has 0 radical (unpaired) electrons. The second-order valence-corrected chi connectivity index (χ2v) is 5.83. The monoisotopic (exact) mass is 311 g/mol. The van der Waals surface area contributed by atoms with E-state index in [2.05, 4.69) is 0 Å². The van der Waals surface area contributed by atoms with Crippen LogP contribution < -0.4 is 4.74 Å². The Kier molecular flexibility index (Phi) is 4.62. The molecule has 1 aromatic carbocycles. The molecule has 0 spiro atoms. The highest BCUT2D eigenvalue weighted by Gasteiger charge is 2.41. The smallest absolute Gasteiger partial charge is 0.327 e. The molecule has 7 heteroatoms. The SMILES string of the molecule is CCC1SCC(C(=O)O)N1C(=O)c1cccc(OC)c1O. The zero-order valence-electron chi connectivity index (χ0n) is 11.8. The fourth-order valence-corrected chi connectivity index (χ4v) is 3.69. The highest BCUT2D eigenvalue weighted by molar-refractivity contribution is 8.00. The van der Waals surface area contributed by atoms with Gasteiger partial charge >= 0.3 is 5.97 Å². The van der Waals surface area contributed by atoms with E-state index in [0.717, 1.165) is 0 Å². The highest BCUT2D eigenvalue weighted by atomic mass is 32.2. The normalized spacial score (nSPS) is 21.3. The van der Waals surface area contributed by atoms with Gasteiger partial charge in [-0.2, -0.15) is 0 Å². The number of amides is 1. The standard InChI is InChI=1S/C14H17NO5S/c1-3-11-15(9(7-21-11)14(18)19)13(17)8-5-4-6-10(20-2)12(8)16/h4-6,9,11,16H,3,7H2,1-2H3,(H,18,19). The largest absolute Gasteiger partial charge is 0.504 e. The van der Waals surface area contributed by atoms with Crippen LogP contribution in [0, 0.1) is 0 Å². The summed E-state index contributed by atoms with van der Waals surface area (Å²) in [6, 6.07) is 3.72. The second-order valence-electron chi connectivity index (χ2n) is 4.62. The molecule has 1 heterocycles. The number of hydrogen-bond donors (Lipinski definition) is 2. The number of phenolic OH excluding ortho intramolecular Hbond substituents is 1. The third-order valence-electron chi connectivity index (χ3n) is 3.41. The number of hydrogen-bond acceptors (Lipinski definition) is 5. The molecule has 1 aromatic rings. The van der Waals surface area contributed by atoms with Gasteiger partial charge in [0.05, 0.1) is 18.0 Å². The molecule has 6 nitrogen and oxygen atoms in total. The van der Waals surface area contributed by atoms with Gasteiger partial charge in [0.15, 0.2) is 11.5 Å². The van der Waals surface area contributed by atoms with Crippen LogP contribution in [0.1, 0.15) is 23.7 Å². The minimum Gasteiger partial charge on any atom is -0.504 e. The molecule has 1 saturated heterocycles. The Morgan fingerprint density at radius 2 is 2.19 bits per heavy atom. The lowest BCUT2D eigenvalue weighted by Crippen LogP contribution is -2.45. The van der Waals surface area contributed by atoms with Gasteiger partial charge in [-0.3, -0.25) is 4.79 Å². The van der Waals surface area contributed by atoms with E-state index in [4.69, 9.17) is 4.74 Å². The molecule has 1 fully saturated rings. The number of aliphatic carboxylic acids is 1. The lowest BCUT2D eigenvalue weighted by molar-refractivity contribution is -0.141. The number of thioether (sulfide) groups is 1. The lowest BCUT2D eigenvalue weighted by Gasteiger charge is -2.27. The van der Waals surface area contributed by atoms with E-state index in [9.17, 15) is 19.8 Å². The first-order chi connectivity index (χ1) is 10.0. The summed E-state index contributed by atoms with van der Waals surface area (Å²) in [6.45, 7) is 1.90. The summed E-state index contributed by atoms with van der Waals surface area (Å²) >= 11 is 1.44. The van der Waals surface area contributed by atoms with Crippen LogP contribution >= 0.6 is 11.8 Å². The van der Waals surface area contributed by atoms with Gasteiger partial charge < -0.3 is 19.8 Å². The first-order valence-corrected chi connectivity index (χ1v) is 7.59. The van der Waals surface area contributed by atoms with Crippen LogP contribution in [-0.4, -0.2) is 51.3 Å². The quantitative estimate of drug-likeness (QED) is 0.881. The van der Waals surface area contributed by atoms with Crippen molar-refractivity contribution in [3.8, 4) is 11.5 Å². The predicted octanol–water partition coefficient (Wildman–Crippen LogP) is 1.78. The Balaban J connectivity index is 2.39. The molecular formula is C14H17NO5S. The highest BCUT2D eigenvalue weighted by Crippen LogP contribution is 2.36. The Bertz CT molecular complexity index is 562. The van der Waals surface area contributed by atoms with Gasteiger partial charge in [-0.05, 0) is 18.6 Å². The first-order valence-electron chi connectivity index (χ1n) is 6.54. The van der Waals surface area contributed by atoms with Gasteiger partial charge in [-0.25, -0.2) is 4.79 Å². The fourth-order valence-electron chi connectivity index (χ4n) is 2.34.